The molecular formula is C19H22N2O4S. The summed E-state index contributed by atoms with van der Waals surface area (Å²) in [6.07, 6.45) is 1.54. The molecule has 0 unspecified atom stereocenters. The van der Waals surface area contributed by atoms with Crippen molar-refractivity contribution in [2.45, 2.75) is 24.7 Å². The quantitative estimate of drug-likeness (QED) is 0.843. The second-order valence-electron chi connectivity index (χ2n) is 6.17. The molecule has 0 aromatic heterocycles. The normalized spacial score (nSPS) is 13.5. The van der Waals surface area contributed by atoms with Gasteiger partial charge in [-0.25, -0.2) is 8.42 Å². The molecule has 0 fully saturated rings. The molecule has 0 bridgehead atoms. The molecule has 0 radical (unpaired) electrons. The Hall–Kier alpha value is -2.38. The highest BCUT2D eigenvalue weighted by molar-refractivity contribution is 7.92. The van der Waals surface area contributed by atoms with Crippen LogP contribution in [0.1, 0.15) is 18.1 Å². The number of aryl methyl sites for hydroxylation is 1. The third-order valence-corrected chi connectivity index (χ3v) is 5.84. The van der Waals surface area contributed by atoms with Gasteiger partial charge in [-0.1, -0.05) is 19.1 Å². The van der Waals surface area contributed by atoms with Crippen LogP contribution >= 0.6 is 0 Å². The van der Waals surface area contributed by atoms with Gasteiger partial charge in [-0.05, 0) is 54.3 Å². The smallest absolute Gasteiger partial charge is 0.261 e. The summed E-state index contributed by atoms with van der Waals surface area (Å²) in [5.41, 5.74) is 3.32. The fourth-order valence-electron chi connectivity index (χ4n) is 3.04. The monoisotopic (exact) mass is 374 g/mol. The van der Waals surface area contributed by atoms with Gasteiger partial charge in [0.25, 0.3) is 15.9 Å². The minimum absolute atomic E-state index is 0.0293. The largest absolute Gasteiger partial charge is 0.375 e. The molecule has 0 saturated carbocycles. The van der Waals surface area contributed by atoms with Gasteiger partial charge >= 0.3 is 0 Å². The number of anilines is 2. The van der Waals surface area contributed by atoms with Crippen LogP contribution in [-0.4, -0.2) is 34.6 Å². The van der Waals surface area contributed by atoms with Crippen molar-refractivity contribution < 1.29 is 17.9 Å². The van der Waals surface area contributed by atoms with Gasteiger partial charge in [-0.2, -0.15) is 0 Å². The Bertz CT molecular complexity index is 908. The van der Waals surface area contributed by atoms with Crippen LogP contribution in [-0.2, 0) is 32.4 Å². The van der Waals surface area contributed by atoms with E-state index in [4.69, 9.17) is 4.74 Å². The molecule has 1 heterocycles. The Morgan fingerprint density at radius 2 is 1.92 bits per heavy atom. The van der Waals surface area contributed by atoms with Crippen LogP contribution in [0.4, 0.5) is 11.4 Å². The van der Waals surface area contributed by atoms with Crippen molar-refractivity contribution in [3.05, 3.63) is 53.6 Å². The van der Waals surface area contributed by atoms with Crippen LogP contribution in [0.2, 0.25) is 0 Å². The van der Waals surface area contributed by atoms with E-state index in [-0.39, 0.29) is 17.4 Å². The van der Waals surface area contributed by atoms with Crippen LogP contribution in [0.5, 0.6) is 0 Å². The Morgan fingerprint density at radius 3 is 2.58 bits per heavy atom. The van der Waals surface area contributed by atoms with Gasteiger partial charge in [0.1, 0.15) is 6.61 Å². The van der Waals surface area contributed by atoms with Gasteiger partial charge < -0.3 is 9.64 Å². The number of methoxy groups -OCH3 is 1. The summed E-state index contributed by atoms with van der Waals surface area (Å²) in [6.45, 7) is 2.63. The van der Waals surface area contributed by atoms with Crippen molar-refractivity contribution >= 4 is 27.3 Å². The molecule has 7 heteroatoms. The number of rotatable bonds is 6. The number of nitrogens with one attached hydrogen (secondary N) is 1. The number of carbonyl (C=O) groups excluding carboxylic acids is 1. The Balaban J connectivity index is 1.80. The minimum atomic E-state index is -3.64. The van der Waals surface area contributed by atoms with Gasteiger partial charge in [-0.3, -0.25) is 9.52 Å². The third-order valence-electron chi connectivity index (χ3n) is 4.44. The molecule has 1 amide bonds. The van der Waals surface area contributed by atoms with Crippen LogP contribution < -0.4 is 9.62 Å². The van der Waals surface area contributed by atoms with Gasteiger partial charge in [-0.15, -0.1) is 0 Å². The zero-order chi connectivity index (χ0) is 18.7. The standard InChI is InChI=1S/C19H22N2O4S/c1-3-14-4-7-17(8-5-14)26(23,24)20-16-6-9-18-15(12-16)10-11-21(18)19(22)13-25-2/h4-9,12,20H,3,10-11,13H2,1-2H3. The van der Waals surface area contributed by atoms with Gasteiger partial charge in [0.15, 0.2) is 0 Å². The van der Waals surface area contributed by atoms with Gasteiger partial charge in [0.2, 0.25) is 0 Å². The molecule has 3 rings (SSSR count). The van der Waals surface area contributed by atoms with E-state index in [2.05, 4.69) is 4.72 Å². The molecule has 6 nitrogen and oxygen atoms in total. The topological polar surface area (TPSA) is 75.7 Å². The molecular weight excluding hydrogens is 352 g/mol. The molecule has 2 aromatic rings. The third kappa shape index (κ3) is 3.73. The highest BCUT2D eigenvalue weighted by Crippen LogP contribution is 2.31. The highest BCUT2D eigenvalue weighted by atomic mass is 32.2. The molecule has 26 heavy (non-hydrogen) atoms. The first-order chi connectivity index (χ1) is 12.4. The summed E-state index contributed by atoms with van der Waals surface area (Å²) in [6, 6.07) is 12.1. The Kier molecular flexibility index (Phi) is 5.29. The van der Waals surface area contributed by atoms with Crippen LogP contribution in [0.15, 0.2) is 47.4 Å². The average molecular weight is 374 g/mol. The molecule has 0 spiro atoms. The predicted molar refractivity (Wildman–Crippen MR) is 101 cm³/mol. The summed E-state index contributed by atoms with van der Waals surface area (Å²) >= 11 is 0. The molecule has 0 aliphatic carbocycles. The number of hydrogen-bond donors (Lipinski definition) is 1. The average Bonchev–Trinajstić information content (AvgIpc) is 3.05. The number of hydrogen-bond acceptors (Lipinski definition) is 4. The fraction of sp³-hybridized carbons (Fsp3) is 0.316. The van der Waals surface area contributed by atoms with E-state index >= 15 is 0 Å². The number of fused-ring (bicyclic) bond motifs is 1. The zero-order valence-corrected chi connectivity index (χ0v) is 15.7. The number of nitrogens with zero attached hydrogens (tertiary/aromatic N) is 1. The maximum absolute atomic E-state index is 12.6. The van der Waals surface area contributed by atoms with E-state index in [0.717, 1.165) is 23.2 Å². The maximum Gasteiger partial charge on any atom is 0.261 e. The first kappa shape index (κ1) is 18.4. The van der Waals surface area contributed by atoms with Gasteiger partial charge in [0.05, 0.1) is 4.90 Å². The van der Waals surface area contributed by atoms with E-state index in [1.165, 1.54) is 7.11 Å². The van der Waals surface area contributed by atoms with E-state index in [1.54, 1.807) is 35.2 Å². The molecule has 1 N–H and O–H groups in total. The highest BCUT2D eigenvalue weighted by Gasteiger charge is 2.25. The van der Waals surface area contributed by atoms with Crippen molar-refractivity contribution in [3.63, 3.8) is 0 Å². The number of benzene rings is 2. The SMILES string of the molecule is CCc1ccc(S(=O)(=O)Nc2ccc3c(c2)CCN3C(=O)COC)cc1. The second kappa shape index (κ2) is 7.47. The zero-order valence-electron chi connectivity index (χ0n) is 14.9. The maximum atomic E-state index is 12.6. The predicted octanol–water partition coefficient (Wildman–Crippen LogP) is 2.59. The molecule has 0 saturated heterocycles. The van der Waals surface area contributed by atoms with Crippen LogP contribution in [0.3, 0.4) is 0 Å². The lowest BCUT2D eigenvalue weighted by molar-refractivity contribution is -0.122. The number of amides is 1. The summed E-state index contributed by atoms with van der Waals surface area (Å²) in [7, 11) is -2.16. The van der Waals surface area contributed by atoms with E-state index in [0.29, 0.717) is 18.7 Å². The summed E-state index contributed by atoms with van der Waals surface area (Å²) in [5, 5.41) is 0. The summed E-state index contributed by atoms with van der Waals surface area (Å²) < 4.78 is 32.7. The van der Waals surface area contributed by atoms with E-state index in [1.807, 2.05) is 19.1 Å². The van der Waals surface area contributed by atoms with Crippen molar-refractivity contribution in [1.29, 1.82) is 0 Å². The molecule has 1 aliphatic rings. The number of carbonyl (C=O) groups is 1. The first-order valence-electron chi connectivity index (χ1n) is 8.48. The molecule has 1 aliphatic heterocycles. The molecule has 0 atom stereocenters. The van der Waals surface area contributed by atoms with Crippen LogP contribution in [0, 0.1) is 0 Å². The molecule has 2 aromatic carbocycles. The summed E-state index contributed by atoms with van der Waals surface area (Å²) in [4.78, 5) is 13.9. The fourth-order valence-corrected chi connectivity index (χ4v) is 4.09. The Morgan fingerprint density at radius 1 is 1.19 bits per heavy atom. The second-order valence-corrected chi connectivity index (χ2v) is 7.86. The van der Waals surface area contributed by atoms with E-state index in [9.17, 15) is 13.2 Å². The Labute approximate surface area is 153 Å². The van der Waals surface area contributed by atoms with Gasteiger partial charge in [0, 0.05) is 25.0 Å². The van der Waals surface area contributed by atoms with Crippen molar-refractivity contribution in [2.24, 2.45) is 0 Å². The number of ether oxygens (including phenoxy) is 1. The minimum Gasteiger partial charge on any atom is -0.375 e. The lowest BCUT2D eigenvalue weighted by Gasteiger charge is -2.17. The summed E-state index contributed by atoms with van der Waals surface area (Å²) in [5.74, 6) is -0.101. The lowest BCUT2D eigenvalue weighted by atomic mass is 10.1. The van der Waals surface area contributed by atoms with Crippen molar-refractivity contribution in [1.82, 2.24) is 0 Å². The first-order valence-corrected chi connectivity index (χ1v) is 9.97. The van der Waals surface area contributed by atoms with E-state index < -0.39 is 10.0 Å². The van der Waals surface area contributed by atoms with Crippen molar-refractivity contribution in [2.75, 3.05) is 29.9 Å². The molecule has 138 valence electrons. The number of sulfonamides is 1. The van der Waals surface area contributed by atoms with Crippen molar-refractivity contribution in [3.8, 4) is 0 Å². The lowest BCUT2D eigenvalue weighted by Crippen LogP contribution is -2.31. The van der Waals surface area contributed by atoms with Crippen LogP contribution in [0.25, 0.3) is 0 Å².